The highest BCUT2D eigenvalue weighted by molar-refractivity contribution is 5.66. The van der Waals surface area contributed by atoms with Gasteiger partial charge in [0.05, 0.1) is 6.20 Å². The quantitative estimate of drug-likeness (QED) is 0.763. The van der Waals surface area contributed by atoms with Crippen LogP contribution in [0, 0.1) is 6.92 Å². The summed E-state index contributed by atoms with van der Waals surface area (Å²) in [5.41, 5.74) is 4.71. The maximum atomic E-state index is 3.93. The number of aromatic nitrogens is 2. The van der Waals surface area contributed by atoms with Crippen LogP contribution in [0.1, 0.15) is 11.1 Å². The highest BCUT2D eigenvalue weighted by Crippen LogP contribution is 2.21. The molecule has 0 amide bonds. The standard InChI is InChI=1S/C12H12N2/c1-3-10-4-5-11(6-9(10)2)12-7-13-14-8-12/h3-8H,1H2,2H3,(H,13,14). The lowest BCUT2D eigenvalue weighted by Crippen LogP contribution is -1.81. The fourth-order valence-electron chi connectivity index (χ4n) is 1.49. The van der Waals surface area contributed by atoms with Crippen LogP contribution in [-0.2, 0) is 0 Å². The van der Waals surface area contributed by atoms with E-state index in [1.807, 2.05) is 18.5 Å². The van der Waals surface area contributed by atoms with Gasteiger partial charge in [-0.25, -0.2) is 0 Å². The first-order valence-electron chi connectivity index (χ1n) is 4.53. The van der Waals surface area contributed by atoms with Crippen LogP contribution in [-0.4, -0.2) is 10.2 Å². The lowest BCUT2D eigenvalue weighted by atomic mass is 10.0. The van der Waals surface area contributed by atoms with Crippen molar-refractivity contribution in [2.75, 3.05) is 0 Å². The zero-order valence-electron chi connectivity index (χ0n) is 8.12. The first-order valence-corrected chi connectivity index (χ1v) is 4.53. The fraction of sp³-hybridized carbons (Fsp3) is 0.0833. The predicted octanol–water partition coefficient (Wildman–Crippen LogP) is 3.03. The number of benzene rings is 1. The van der Waals surface area contributed by atoms with Crippen molar-refractivity contribution in [3.63, 3.8) is 0 Å². The Bertz CT molecular complexity index is 441. The monoisotopic (exact) mass is 184 g/mol. The summed E-state index contributed by atoms with van der Waals surface area (Å²) >= 11 is 0. The van der Waals surface area contributed by atoms with Crippen molar-refractivity contribution in [3.05, 3.63) is 48.3 Å². The molecular formula is C12H12N2. The molecule has 0 fully saturated rings. The van der Waals surface area contributed by atoms with Crippen LogP contribution < -0.4 is 0 Å². The van der Waals surface area contributed by atoms with E-state index < -0.39 is 0 Å². The van der Waals surface area contributed by atoms with E-state index in [0.717, 1.165) is 5.56 Å². The van der Waals surface area contributed by atoms with E-state index >= 15 is 0 Å². The number of hydrogen-bond acceptors (Lipinski definition) is 1. The summed E-state index contributed by atoms with van der Waals surface area (Å²) in [5.74, 6) is 0. The fourth-order valence-corrected chi connectivity index (χ4v) is 1.49. The Labute approximate surface area is 83.3 Å². The van der Waals surface area contributed by atoms with Crippen molar-refractivity contribution < 1.29 is 0 Å². The van der Waals surface area contributed by atoms with Gasteiger partial charge in [-0.1, -0.05) is 30.9 Å². The van der Waals surface area contributed by atoms with Gasteiger partial charge in [-0.2, -0.15) is 5.10 Å². The molecule has 2 nitrogen and oxygen atoms in total. The van der Waals surface area contributed by atoms with Gasteiger partial charge < -0.3 is 0 Å². The van der Waals surface area contributed by atoms with Gasteiger partial charge in [0, 0.05) is 11.8 Å². The van der Waals surface area contributed by atoms with E-state index in [1.54, 1.807) is 0 Å². The largest absolute Gasteiger partial charge is 0.285 e. The smallest absolute Gasteiger partial charge is 0.0565 e. The minimum atomic E-state index is 1.11. The second-order valence-corrected chi connectivity index (χ2v) is 3.26. The van der Waals surface area contributed by atoms with Crippen LogP contribution in [0.5, 0.6) is 0 Å². The van der Waals surface area contributed by atoms with E-state index in [9.17, 15) is 0 Å². The third kappa shape index (κ3) is 1.46. The minimum Gasteiger partial charge on any atom is -0.285 e. The molecule has 0 aliphatic rings. The van der Waals surface area contributed by atoms with Crippen molar-refractivity contribution >= 4 is 6.08 Å². The molecule has 0 atom stereocenters. The average Bonchev–Trinajstić information content (AvgIpc) is 2.70. The Morgan fingerprint density at radius 3 is 2.79 bits per heavy atom. The molecule has 0 aliphatic carbocycles. The second-order valence-electron chi connectivity index (χ2n) is 3.26. The topological polar surface area (TPSA) is 28.7 Å². The van der Waals surface area contributed by atoms with E-state index in [1.165, 1.54) is 16.7 Å². The summed E-state index contributed by atoms with van der Waals surface area (Å²) in [5, 5.41) is 6.73. The van der Waals surface area contributed by atoms with Crippen molar-refractivity contribution in [2.45, 2.75) is 6.92 Å². The molecule has 1 aromatic heterocycles. The van der Waals surface area contributed by atoms with Gasteiger partial charge in [0.15, 0.2) is 0 Å². The first-order chi connectivity index (χ1) is 6.81. The number of rotatable bonds is 2. The Morgan fingerprint density at radius 1 is 1.36 bits per heavy atom. The number of nitrogens with one attached hydrogen (secondary N) is 1. The first kappa shape index (κ1) is 8.75. The highest BCUT2D eigenvalue weighted by atomic mass is 15.1. The molecule has 0 saturated heterocycles. The van der Waals surface area contributed by atoms with Gasteiger partial charge in [-0.05, 0) is 23.6 Å². The van der Waals surface area contributed by atoms with Crippen molar-refractivity contribution in [1.82, 2.24) is 10.2 Å². The summed E-state index contributed by atoms with van der Waals surface area (Å²) in [4.78, 5) is 0. The van der Waals surface area contributed by atoms with Gasteiger partial charge in [-0.3, -0.25) is 5.10 Å². The number of hydrogen-bond donors (Lipinski definition) is 1. The Kier molecular flexibility index (Phi) is 2.19. The number of aryl methyl sites for hydroxylation is 1. The lowest BCUT2D eigenvalue weighted by Gasteiger charge is -2.02. The second kappa shape index (κ2) is 3.50. The molecule has 70 valence electrons. The predicted molar refractivity (Wildman–Crippen MR) is 58.9 cm³/mol. The van der Waals surface area contributed by atoms with E-state index in [4.69, 9.17) is 0 Å². The third-order valence-electron chi connectivity index (χ3n) is 2.32. The van der Waals surface area contributed by atoms with Crippen molar-refractivity contribution in [1.29, 1.82) is 0 Å². The normalized spacial score (nSPS) is 10.1. The van der Waals surface area contributed by atoms with Gasteiger partial charge in [0.1, 0.15) is 0 Å². The SMILES string of the molecule is C=Cc1ccc(-c2cn[nH]c2)cc1C. The maximum absolute atomic E-state index is 3.93. The van der Waals surface area contributed by atoms with E-state index in [2.05, 4.69) is 41.9 Å². The summed E-state index contributed by atoms with van der Waals surface area (Å²) in [6, 6.07) is 6.29. The molecule has 0 radical (unpaired) electrons. The lowest BCUT2D eigenvalue weighted by molar-refractivity contribution is 1.09. The van der Waals surface area contributed by atoms with Crippen LogP contribution in [0.4, 0.5) is 0 Å². The van der Waals surface area contributed by atoms with Gasteiger partial charge in [0.2, 0.25) is 0 Å². The molecule has 0 saturated carbocycles. The number of H-pyrrole nitrogens is 1. The molecule has 2 rings (SSSR count). The highest BCUT2D eigenvalue weighted by Gasteiger charge is 2.00. The third-order valence-corrected chi connectivity index (χ3v) is 2.32. The molecule has 1 aromatic carbocycles. The number of nitrogens with zero attached hydrogens (tertiary/aromatic N) is 1. The summed E-state index contributed by atoms with van der Waals surface area (Å²) in [6.07, 6.45) is 5.58. The van der Waals surface area contributed by atoms with Crippen LogP contribution >= 0.6 is 0 Å². The van der Waals surface area contributed by atoms with E-state index in [0.29, 0.717) is 0 Å². The molecule has 1 heterocycles. The zero-order chi connectivity index (χ0) is 9.97. The summed E-state index contributed by atoms with van der Waals surface area (Å²) in [7, 11) is 0. The molecule has 2 aromatic rings. The van der Waals surface area contributed by atoms with Crippen LogP contribution in [0.2, 0.25) is 0 Å². The van der Waals surface area contributed by atoms with Crippen LogP contribution in [0.3, 0.4) is 0 Å². The zero-order valence-corrected chi connectivity index (χ0v) is 8.12. The molecular weight excluding hydrogens is 172 g/mol. The molecule has 14 heavy (non-hydrogen) atoms. The molecule has 0 bridgehead atoms. The summed E-state index contributed by atoms with van der Waals surface area (Å²) < 4.78 is 0. The minimum absolute atomic E-state index is 1.11. The molecule has 0 aliphatic heterocycles. The average molecular weight is 184 g/mol. The van der Waals surface area contributed by atoms with Crippen molar-refractivity contribution in [3.8, 4) is 11.1 Å². The molecule has 0 unspecified atom stereocenters. The summed E-state index contributed by atoms with van der Waals surface area (Å²) in [6.45, 7) is 5.85. The molecule has 1 N–H and O–H groups in total. The van der Waals surface area contributed by atoms with Crippen molar-refractivity contribution in [2.24, 2.45) is 0 Å². The van der Waals surface area contributed by atoms with Gasteiger partial charge in [-0.15, -0.1) is 0 Å². The Hall–Kier alpha value is -1.83. The van der Waals surface area contributed by atoms with Crippen LogP contribution in [0.25, 0.3) is 17.2 Å². The Balaban J connectivity index is 2.48. The molecule has 0 spiro atoms. The Morgan fingerprint density at radius 2 is 2.21 bits per heavy atom. The molecule has 2 heteroatoms. The van der Waals surface area contributed by atoms with Crippen LogP contribution in [0.15, 0.2) is 37.2 Å². The van der Waals surface area contributed by atoms with Gasteiger partial charge in [0.25, 0.3) is 0 Å². The number of aromatic amines is 1. The van der Waals surface area contributed by atoms with Gasteiger partial charge >= 0.3 is 0 Å². The van der Waals surface area contributed by atoms with E-state index in [-0.39, 0.29) is 0 Å². The maximum Gasteiger partial charge on any atom is 0.0565 e.